The highest BCUT2D eigenvalue weighted by Crippen LogP contribution is 2.42. The van der Waals surface area contributed by atoms with E-state index in [1.54, 1.807) is 11.1 Å². The molecule has 1 aromatic carbocycles. The van der Waals surface area contributed by atoms with Crippen LogP contribution in [0.2, 0.25) is 0 Å². The molecule has 0 amide bonds. The number of halogens is 1. The highest BCUT2D eigenvalue weighted by Gasteiger charge is 2.38. The first-order valence-corrected chi connectivity index (χ1v) is 6.59. The van der Waals surface area contributed by atoms with Crippen LogP contribution in [-0.4, -0.2) is 13.1 Å². The van der Waals surface area contributed by atoms with E-state index in [1.807, 2.05) is 0 Å². The summed E-state index contributed by atoms with van der Waals surface area (Å²) >= 11 is 3.57. The van der Waals surface area contributed by atoms with Gasteiger partial charge in [-0.25, -0.2) is 0 Å². The molecule has 3 rings (SSSR count). The smallest absolute Gasteiger partial charge is 0.0178 e. The monoisotopic (exact) mass is 265 g/mol. The van der Waals surface area contributed by atoms with E-state index in [0.29, 0.717) is 5.41 Å². The summed E-state index contributed by atoms with van der Waals surface area (Å²) in [7, 11) is 0. The Hall–Kier alpha value is -0.340. The van der Waals surface area contributed by atoms with Gasteiger partial charge in [-0.2, -0.15) is 0 Å². The maximum atomic E-state index is 3.57. The number of benzene rings is 1. The van der Waals surface area contributed by atoms with Crippen molar-refractivity contribution in [3.05, 3.63) is 33.8 Å². The Kier molecular flexibility index (Phi) is 2.37. The highest BCUT2D eigenvalue weighted by atomic mass is 79.9. The fraction of sp³-hybridized carbons (Fsp3) is 0.538. The third kappa shape index (κ3) is 1.55. The molecule has 15 heavy (non-hydrogen) atoms. The van der Waals surface area contributed by atoms with E-state index in [9.17, 15) is 0 Å². The van der Waals surface area contributed by atoms with Crippen LogP contribution in [-0.2, 0) is 11.8 Å². The molecular formula is C13H16BrN. The number of nitrogens with one attached hydrogen (secondary N) is 1. The van der Waals surface area contributed by atoms with Crippen molar-refractivity contribution >= 4 is 15.9 Å². The van der Waals surface area contributed by atoms with Gasteiger partial charge in [0.05, 0.1) is 0 Å². The second-order valence-corrected chi connectivity index (χ2v) is 5.78. The maximum Gasteiger partial charge on any atom is 0.0178 e. The molecule has 0 saturated carbocycles. The SMILES string of the molecule is Brc1ccc2c(c1)CCC[C@@]21CCNC1. The molecule has 0 aromatic heterocycles. The molecule has 1 aromatic rings. The van der Waals surface area contributed by atoms with Crippen LogP contribution in [0.1, 0.15) is 30.4 Å². The first-order valence-electron chi connectivity index (χ1n) is 5.80. The second kappa shape index (κ2) is 3.60. The third-order valence-electron chi connectivity index (χ3n) is 3.98. The average Bonchev–Trinajstić information content (AvgIpc) is 2.67. The van der Waals surface area contributed by atoms with Crippen LogP contribution >= 0.6 is 15.9 Å². The molecule has 1 heterocycles. The van der Waals surface area contributed by atoms with E-state index in [-0.39, 0.29) is 0 Å². The van der Waals surface area contributed by atoms with Crippen LogP contribution in [0, 0.1) is 0 Å². The molecule has 1 spiro atoms. The summed E-state index contributed by atoms with van der Waals surface area (Å²) in [6.45, 7) is 2.37. The Balaban J connectivity index is 2.10. The average molecular weight is 266 g/mol. The van der Waals surface area contributed by atoms with Gasteiger partial charge in [-0.1, -0.05) is 22.0 Å². The summed E-state index contributed by atoms with van der Waals surface area (Å²) < 4.78 is 1.23. The lowest BCUT2D eigenvalue weighted by molar-refractivity contribution is 0.393. The molecular weight excluding hydrogens is 250 g/mol. The van der Waals surface area contributed by atoms with Crippen LogP contribution in [0.4, 0.5) is 0 Å². The molecule has 0 bridgehead atoms. The molecule has 2 aliphatic rings. The molecule has 1 atom stereocenters. The van der Waals surface area contributed by atoms with Gasteiger partial charge in [0.15, 0.2) is 0 Å². The van der Waals surface area contributed by atoms with E-state index >= 15 is 0 Å². The predicted molar refractivity (Wildman–Crippen MR) is 66.2 cm³/mol. The van der Waals surface area contributed by atoms with Gasteiger partial charge in [-0.3, -0.25) is 0 Å². The van der Waals surface area contributed by atoms with Crippen LogP contribution in [0.3, 0.4) is 0 Å². The van der Waals surface area contributed by atoms with Crippen molar-refractivity contribution in [3.63, 3.8) is 0 Å². The largest absolute Gasteiger partial charge is 0.316 e. The Morgan fingerprint density at radius 3 is 3.00 bits per heavy atom. The van der Waals surface area contributed by atoms with Crippen molar-refractivity contribution < 1.29 is 0 Å². The zero-order valence-corrected chi connectivity index (χ0v) is 10.4. The van der Waals surface area contributed by atoms with Crippen molar-refractivity contribution in [2.75, 3.05) is 13.1 Å². The third-order valence-corrected chi connectivity index (χ3v) is 4.48. The fourth-order valence-corrected chi connectivity index (χ4v) is 3.63. The minimum Gasteiger partial charge on any atom is -0.316 e. The molecule has 1 fully saturated rings. The summed E-state index contributed by atoms with van der Waals surface area (Å²) in [5, 5.41) is 3.53. The molecule has 80 valence electrons. The number of aryl methyl sites for hydroxylation is 1. The minimum absolute atomic E-state index is 0.467. The number of hydrogen-bond acceptors (Lipinski definition) is 1. The van der Waals surface area contributed by atoms with Gasteiger partial charge in [0.25, 0.3) is 0 Å². The Morgan fingerprint density at radius 1 is 1.27 bits per heavy atom. The van der Waals surface area contributed by atoms with E-state index in [2.05, 4.69) is 39.4 Å². The van der Waals surface area contributed by atoms with Crippen molar-refractivity contribution in [3.8, 4) is 0 Å². The van der Waals surface area contributed by atoms with Crippen LogP contribution in [0.5, 0.6) is 0 Å². The summed E-state index contributed by atoms with van der Waals surface area (Å²) in [4.78, 5) is 0. The zero-order chi connectivity index (χ0) is 10.3. The quantitative estimate of drug-likeness (QED) is 0.761. The van der Waals surface area contributed by atoms with Crippen molar-refractivity contribution in [2.24, 2.45) is 0 Å². The highest BCUT2D eigenvalue weighted by molar-refractivity contribution is 9.10. The molecule has 2 heteroatoms. The van der Waals surface area contributed by atoms with Gasteiger partial charge in [-0.05, 0) is 55.5 Å². The number of hydrogen-bond donors (Lipinski definition) is 1. The van der Waals surface area contributed by atoms with Crippen LogP contribution < -0.4 is 5.32 Å². The molecule has 1 nitrogen and oxygen atoms in total. The maximum absolute atomic E-state index is 3.57. The van der Waals surface area contributed by atoms with Gasteiger partial charge in [0.2, 0.25) is 0 Å². The molecule has 1 aliphatic carbocycles. The van der Waals surface area contributed by atoms with Crippen LogP contribution in [0.15, 0.2) is 22.7 Å². The van der Waals surface area contributed by atoms with E-state index in [1.165, 1.54) is 43.2 Å². The first-order chi connectivity index (χ1) is 7.30. The standard InChI is InChI=1S/C13H16BrN/c14-11-3-4-12-10(8-11)2-1-5-13(12)6-7-15-9-13/h3-4,8,15H,1-2,5-7,9H2/t13-/m0/s1. The lowest BCUT2D eigenvalue weighted by Gasteiger charge is -2.35. The lowest BCUT2D eigenvalue weighted by Crippen LogP contribution is -2.33. The zero-order valence-electron chi connectivity index (χ0n) is 8.85. The van der Waals surface area contributed by atoms with Gasteiger partial charge in [0, 0.05) is 16.4 Å². The van der Waals surface area contributed by atoms with Gasteiger partial charge < -0.3 is 5.32 Å². The Morgan fingerprint density at radius 2 is 2.20 bits per heavy atom. The molecule has 0 unspecified atom stereocenters. The molecule has 1 aliphatic heterocycles. The molecule has 0 radical (unpaired) electrons. The van der Waals surface area contributed by atoms with Crippen molar-refractivity contribution in [2.45, 2.75) is 31.1 Å². The van der Waals surface area contributed by atoms with Gasteiger partial charge >= 0.3 is 0 Å². The number of fused-ring (bicyclic) bond motifs is 2. The first kappa shape index (κ1) is 9.86. The Bertz CT molecular complexity index is 380. The fourth-order valence-electron chi connectivity index (χ4n) is 3.23. The van der Waals surface area contributed by atoms with Crippen molar-refractivity contribution in [1.29, 1.82) is 0 Å². The van der Waals surface area contributed by atoms with E-state index < -0.39 is 0 Å². The summed E-state index contributed by atoms with van der Waals surface area (Å²) in [5.41, 5.74) is 3.65. The number of rotatable bonds is 0. The van der Waals surface area contributed by atoms with Crippen molar-refractivity contribution in [1.82, 2.24) is 5.32 Å². The molecule has 1 saturated heterocycles. The summed E-state index contributed by atoms with van der Waals surface area (Å²) in [6.07, 6.45) is 5.30. The lowest BCUT2D eigenvalue weighted by atomic mass is 9.69. The summed E-state index contributed by atoms with van der Waals surface area (Å²) in [6, 6.07) is 6.85. The molecule has 1 N–H and O–H groups in total. The van der Waals surface area contributed by atoms with E-state index in [4.69, 9.17) is 0 Å². The second-order valence-electron chi connectivity index (χ2n) is 4.86. The minimum atomic E-state index is 0.467. The predicted octanol–water partition coefficient (Wildman–Crippen LogP) is 3.02. The summed E-state index contributed by atoms with van der Waals surface area (Å²) in [5.74, 6) is 0. The Labute approximate surface area is 99.4 Å². The van der Waals surface area contributed by atoms with Gasteiger partial charge in [-0.15, -0.1) is 0 Å². The topological polar surface area (TPSA) is 12.0 Å². The van der Waals surface area contributed by atoms with E-state index in [0.717, 1.165) is 0 Å². The van der Waals surface area contributed by atoms with Crippen LogP contribution in [0.25, 0.3) is 0 Å². The van der Waals surface area contributed by atoms with Gasteiger partial charge in [0.1, 0.15) is 0 Å². The normalized spacial score (nSPS) is 29.4.